The first-order valence-electron chi connectivity index (χ1n) is 11.2. The third-order valence-electron chi connectivity index (χ3n) is 5.92. The molecule has 1 aliphatic heterocycles. The number of benzene rings is 2. The molecular formula is C25H35N2O4+. The molecule has 2 atom stereocenters. The Labute approximate surface area is 185 Å². The van der Waals surface area contributed by atoms with Gasteiger partial charge in [0.1, 0.15) is 19.1 Å². The lowest BCUT2D eigenvalue weighted by Gasteiger charge is -2.32. The maximum atomic E-state index is 13.1. The van der Waals surface area contributed by atoms with Crippen molar-refractivity contribution in [3.05, 3.63) is 59.7 Å². The summed E-state index contributed by atoms with van der Waals surface area (Å²) >= 11 is 0. The molecule has 2 aromatic rings. The zero-order chi connectivity index (χ0) is 22.1. The minimum Gasteiger partial charge on any atom is -0.493 e. The van der Waals surface area contributed by atoms with Crippen LogP contribution in [0.2, 0.25) is 0 Å². The first-order chi connectivity index (χ1) is 15.2. The molecule has 1 amide bonds. The van der Waals surface area contributed by atoms with Crippen LogP contribution in [0.4, 0.5) is 0 Å². The summed E-state index contributed by atoms with van der Waals surface area (Å²) in [7, 11) is 1.66. The number of quaternary nitrogens is 1. The van der Waals surface area contributed by atoms with Crippen LogP contribution in [0.15, 0.2) is 48.5 Å². The van der Waals surface area contributed by atoms with Crippen molar-refractivity contribution < 1.29 is 23.9 Å². The van der Waals surface area contributed by atoms with E-state index < -0.39 is 0 Å². The molecule has 0 aliphatic carbocycles. The molecule has 2 aromatic carbocycles. The molecule has 3 rings (SSSR count). The fourth-order valence-electron chi connectivity index (χ4n) is 4.24. The Hall–Kier alpha value is -2.57. The van der Waals surface area contributed by atoms with Crippen LogP contribution in [-0.4, -0.2) is 52.5 Å². The Balaban J connectivity index is 1.79. The highest BCUT2D eigenvalue weighted by atomic mass is 16.5. The van der Waals surface area contributed by atoms with Crippen LogP contribution in [0.25, 0.3) is 0 Å². The monoisotopic (exact) mass is 427 g/mol. The first kappa shape index (κ1) is 23.1. The molecule has 2 N–H and O–H groups in total. The standard InChI is InChI=1S/C25H34N2O4/c1-4-21(19-9-7-6-8-10-19)25(28)26-18-22(27-13-15-30-16-14-27)20-11-12-23(31-5-2)24(17-20)29-3/h6-12,17,21-22H,4-5,13-16,18H2,1-3H3,(H,26,28)/p+1/t21-,22-/m0/s1. The van der Waals surface area contributed by atoms with Crippen molar-refractivity contribution in [2.75, 3.05) is 46.6 Å². The number of hydrogen-bond donors (Lipinski definition) is 2. The van der Waals surface area contributed by atoms with E-state index in [2.05, 4.69) is 18.3 Å². The highest BCUT2D eigenvalue weighted by Crippen LogP contribution is 2.30. The molecule has 0 bridgehead atoms. The van der Waals surface area contributed by atoms with Gasteiger partial charge in [-0.3, -0.25) is 4.79 Å². The molecule has 6 nitrogen and oxygen atoms in total. The van der Waals surface area contributed by atoms with Crippen molar-refractivity contribution in [3.63, 3.8) is 0 Å². The number of hydrogen-bond acceptors (Lipinski definition) is 4. The van der Waals surface area contributed by atoms with Gasteiger partial charge in [0.25, 0.3) is 0 Å². The van der Waals surface area contributed by atoms with Crippen molar-refractivity contribution in [3.8, 4) is 11.5 Å². The van der Waals surface area contributed by atoms with Gasteiger partial charge in [-0.2, -0.15) is 0 Å². The van der Waals surface area contributed by atoms with Gasteiger partial charge in [-0.05, 0) is 37.1 Å². The van der Waals surface area contributed by atoms with E-state index in [0.717, 1.165) is 55.4 Å². The summed E-state index contributed by atoms with van der Waals surface area (Å²) in [5.74, 6) is 1.39. The zero-order valence-electron chi connectivity index (χ0n) is 18.9. The second-order valence-corrected chi connectivity index (χ2v) is 7.78. The molecule has 1 aliphatic rings. The third kappa shape index (κ3) is 5.99. The summed E-state index contributed by atoms with van der Waals surface area (Å²) in [5.41, 5.74) is 2.19. The summed E-state index contributed by atoms with van der Waals surface area (Å²) < 4.78 is 16.8. The molecule has 0 saturated carbocycles. The number of carbonyl (C=O) groups excluding carboxylic acids is 1. The van der Waals surface area contributed by atoms with Crippen molar-refractivity contribution in [1.29, 1.82) is 0 Å². The van der Waals surface area contributed by atoms with Crippen molar-refractivity contribution >= 4 is 5.91 Å². The molecule has 31 heavy (non-hydrogen) atoms. The van der Waals surface area contributed by atoms with Gasteiger partial charge < -0.3 is 24.4 Å². The smallest absolute Gasteiger partial charge is 0.227 e. The molecule has 0 spiro atoms. The zero-order valence-corrected chi connectivity index (χ0v) is 18.9. The van der Waals surface area contributed by atoms with Crippen LogP contribution in [0.3, 0.4) is 0 Å². The molecule has 6 heteroatoms. The summed E-state index contributed by atoms with van der Waals surface area (Å²) in [6, 6.07) is 16.2. The van der Waals surface area contributed by atoms with Crippen molar-refractivity contribution in [2.24, 2.45) is 0 Å². The van der Waals surface area contributed by atoms with E-state index in [1.807, 2.05) is 49.4 Å². The number of amides is 1. The SMILES string of the molecule is CCOc1ccc([C@H](CNC(=O)[C@@H](CC)c2ccccc2)[NH+]2CCOCC2)cc1OC. The molecule has 168 valence electrons. The van der Waals surface area contributed by atoms with Gasteiger partial charge in [0.15, 0.2) is 11.5 Å². The minimum absolute atomic E-state index is 0.0734. The number of nitrogens with one attached hydrogen (secondary N) is 2. The normalized spacial score (nSPS) is 16.4. The van der Waals surface area contributed by atoms with E-state index >= 15 is 0 Å². The van der Waals surface area contributed by atoms with Gasteiger partial charge in [0.05, 0.1) is 39.4 Å². The van der Waals surface area contributed by atoms with Crippen LogP contribution in [0.5, 0.6) is 11.5 Å². The highest BCUT2D eigenvalue weighted by Gasteiger charge is 2.29. The first-order valence-corrected chi connectivity index (χ1v) is 11.2. The predicted octanol–water partition coefficient (Wildman–Crippen LogP) is 2.36. The Bertz CT molecular complexity index is 822. The van der Waals surface area contributed by atoms with Crippen molar-refractivity contribution in [1.82, 2.24) is 5.32 Å². The Morgan fingerprint density at radius 2 is 1.81 bits per heavy atom. The quantitative estimate of drug-likeness (QED) is 0.611. The lowest BCUT2D eigenvalue weighted by atomic mass is 9.95. The fraction of sp³-hybridized carbons (Fsp3) is 0.480. The topological polar surface area (TPSA) is 61.2 Å². The van der Waals surface area contributed by atoms with Crippen LogP contribution in [0, 0.1) is 0 Å². The second-order valence-electron chi connectivity index (χ2n) is 7.78. The van der Waals surface area contributed by atoms with Crippen LogP contribution in [-0.2, 0) is 9.53 Å². The van der Waals surface area contributed by atoms with E-state index in [0.29, 0.717) is 13.2 Å². The average molecular weight is 428 g/mol. The van der Waals surface area contributed by atoms with Crippen LogP contribution >= 0.6 is 0 Å². The lowest BCUT2D eigenvalue weighted by Crippen LogP contribution is -3.15. The Morgan fingerprint density at radius 3 is 2.45 bits per heavy atom. The average Bonchev–Trinajstić information content (AvgIpc) is 2.82. The maximum absolute atomic E-state index is 13.1. The summed E-state index contributed by atoms with van der Waals surface area (Å²) in [4.78, 5) is 14.5. The lowest BCUT2D eigenvalue weighted by molar-refractivity contribution is -0.937. The van der Waals surface area contributed by atoms with Gasteiger partial charge in [-0.1, -0.05) is 37.3 Å². The van der Waals surface area contributed by atoms with Gasteiger partial charge in [0, 0.05) is 5.56 Å². The van der Waals surface area contributed by atoms with Gasteiger partial charge in [-0.15, -0.1) is 0 Å². The molecule has 0 aromatic heterocycles. The predicted molar refractivity (Wildman–Crippen MR) is 121 cm³/mol. The molecule has 0 unspecified atom stereocenters. The number of morpholine rings is 1. The molecule has 1 saturated heterocycles. The largest absolute Gasteiger partial charge is 0.493 e. The van der Waals surface area contributed by atoms with Gasteiger partial charge >= 0.3 is 0 Å². The number of carbonyl (C=O) groups is 1. The molecule has 1 fully saturated rings. The van der Waals surface area contributed by atoms with E-state index in [9.17, 15) is 4.79 Å². The molecule has 1 heterocycles. The fourth-order valence-corrected chi connectivity index (χ4v) is 4.24. The maximum Gasteiger partial charge on any atom is 0.227 e. The number of rotatable bonds is 10. The summed E-state index contributed by atoms with van der Waals surface area (Å²) in [6.07, 6.45) is 0.766. The van der Waals surface area contributed by atoms with Crippen LogP contribution in [0.1, 0.15) is 43.4 Å². The summed E-state index contributed by atoms with van der Waals surface area (Å²) in [5, 5.41) is 3.23. The minimum atomic E-state index is -0.142. The van der Waals surface area contributed by atoms with E-state index in [-0.39, 0.29) is 17.9 Å². The Kier molecular flexibility index (Phi) is 8.74. The van der Waals surface area contributed by atoms with Gasteiger partial charge in [0.2, 0.25) is 5.91 Å². The van der Waals surface area contributed by atoms with E-state index in [1.54, 1.807) is 7.11 Å². The van der Waals surface area contributed by atoms with Crippen LogP contribution < -0.4 is 19.7 Å². The number of methoxy groups -OCH3 is 1. The third-order valence-corrected chi connectivity index (χ3v) is 5.92. The van der Waals surface area contributed by atoms with E-state index in [1.165, 1.54) is 4.90 Å². The van der Waals surface area contributed by atoms with E-state index in [4.69, 9.17) is 14.2 Å². The Morgan fingerprint density at radius 1 is 1.06 bits per heavy atom. The van der Waals surface area contributed by atoms with Gasteiger partial charge in [-0.25, -0.2) is 0 Å². The molecular weight excluding hydrogens is 392 g/mol. The summed E-state index contributed by atoms with van der Waals surface area (Å²) in [6.45, 7) is 8.44. The number of ether oxygens (including phenoxy) is 3. The van der Waals surface area contributed by atoms with Crippen molar-refractivity contribution in [2.45, 2.75) is 32.2 Å². The molecule has 0 radical (unpaired) electrons. The highest BCUT2D eigenvalue weighted by molar-refractivity contribution is 5.83. The second kappa shape index (κ2) is 11.7.